The maximum absolute atomic E-state index is 13.8. The van der Waals surface area contributed by atoms with Gasteiger partial charge in [-0.3, -0.25) is 9.48 Å². The van der Waals surface area contributed by atoms with Crippen molar-refractivity contribution >= 4 is 17.3 Å². The van der Waals surface area contributed by atoms with Crippen molar-refractivity contribution in [3.05, 3.63) is 54.2 Å². The molecule has 216 valence electrons. The van der Waals surface area contributed by atoms with E-state index in [1.165, 1.54) is 25.3 Å². The van der Waals surface area contributed by atoms with E-state index in [-0.39, 0.29) is 29.2 Å². The van der Waals surface area contributed by atoms with Crippen LogP contribution in [0.4, 0.5) is 37.7 Å². The van der Waals surface area contributed by atoms with E-state index in [0.29, 0.717) is 17.6 Å². The monoisotopic (exact) mass is 572 g/mol. The lowest BCUT2D eigenvalue weighted by Crippen LogP contribution is -2.53. The maximum Gasteiger partial charge on any atom is 0.435 e. The molecule has 15 heteroatoms. The van der Waals surface area contributed by atoms with Gasteiger partial charge < -0.3 is 20.1 Å². The molecule has 0 bridgehead atoms. The van der Waals surface area contributed by atoms with E-state index >= 15 is 0 Å². The molecular formula is C25H26F6N6O3. The number of rotatable bonds is 7. The number of aromatic nitrogens is 4. The zero-order valence-electron chi connectivity index (χ0n) is 21.6. The van der Waals surface area contributed by atoms with Crippen molar-refractivity contribution in [2.24, 2.45) is 0 Å². The summed E-state index contributed by atoms with van der Waals surface area (Å²) < 4.78 is 85.5. The molecular weight excluding hydrogens is 546 g/mol. The van der Waals surface area contributed by atoms with Crippen molar-refractivity contribution in [1.29, 1.82) is 0 Å². The molecule has 40 heavy (non-hydrogen) atoms. The average molecular weight is 573 g/mol. The number of nitrogens with zero attached hydrogens (tertiary/aromatic N) is 5. The number of carbonyl (C=O) groups excluding carboxylic acids is 1. The smallest absolute Gasteiger partial charge is 0.387 e. The topological polar surface area (TPSA) is 105 Å². The van der Waals surface area contributed by atoms with Crippen molar-refractivity contribution in [1.82, 2.24) is 19.7 Å². The van der Waals surface area contributed by atoms with Crippen LogP contribution < -0.4 is 10.2 Å². The summed E-state index contributed by atoms with van der Waals surface area (Å²) in [5.41, 5.74) is -3.88. The summed E-state index contributed by atoms with van der Waals surface area (Å²) in [6.45, 7) is 2.36. The number of aliphatic hydroxyl groups is 1. The number of hydrogen-bond acceptors (Lipinski definition) is 7. The zero-order chi connectivity index (χ0) is 29.5. The molecule has 0 radical (unpaired) electrons. The second kappa shape index (κ2) is 10.4. The van der Waals surface area contributed by atoms with Gasteiger partial charge in [0.1, 0.15) is 17.8 Å². The molecule has 4 rings (SSSR count). The molecule has 2 N–H and O–H groups in total. The van der Waals surface area contributed by atoms with E-state index in [0.717, 1.165) is 24.7 Å². The van der Waals surface area contributed by atoms with Gasteiger partial charge in [0, 0.05) is 32.0 Å². The van der Waals surface area contributed by atoms with E-state index in [1.807, 2.05) is 0 Å². The van der Waals surface area contributed by atoms with E-state index in [9.17, 15) is 36.2 Å². The Morgan fingerprint density at radius 3 is 2.50 bits per heavy atom. The molecule has 0 unspecified atom stereocenters. The average Bonchev–Trinajstić information content (AvgIpc) is 3.50. The van der Waals surface area contributed by atoms with Crippen LogP contribution in [0.25, 0.3) is 11.3 Å². The highest BCUT2D eigenvalue weighted by molar-refractivity contribution is 6.03. The minimum atomic E-state index is -4.89. The van der Waals surface area contributed by atoms with Gasteiger partial charge in [-0.2, -0.15) is 31.4 Å². The molecule has 1 fully saturated rings. The van der Waals surface area contributed by atoms with Crippen LogP contribution in [0.5, 0.6) is 0 Å². The SMILES string of the molecule is CO[C@@]1(C(C)(C)O)CCN(c2cnc(C(F)(F)F)c(NC(=O)c3cccc(-c4cnn(CC(F)(F)F)c4)n3)c2)C1. The van der Waals surface area contributed by atoms with Crippen molar-refractivity contribution in [2.75, 3.05) is 30.4 Å². The zero-order valence-corrected chi connectivity index (χ0v) is 21.6. The maximum atomic E-state index is 13.8. The van der Waals surface area contributed by atoms with Gasteiger partial charge in [-0.15, -0.1) is 0 Å². The third-order valence-electron chi connectivity index (χ3n) is 6.74. The Balaban J connectivity index is 1.60. The minimum absolute atomic E-state index is 0.101. The largest absolute Gasteiger partial charge is 0.435 e. The van der Waals surface area contributed by atoms with Crippen LogP contribution in [0.3, 0.4) is 0 Å². The Bertz CT molecular complexity index is 1380. The highest BCUT2D eigenvalue weighted by atomic mass is 19.4. The molecule has 3 aromatic heterocycles. The first-order chi connectivity index (χ1) is 18.5. The fraction of sp³-hybridized carbons (Fsp3) is 0.440. The Labute approximate surface area is 224 Å². The van der Waals surface area contributed by atoms with Gasteiger partial charge in [0.25, 0.3) is 5.91 Å². The van der Waals surface area contributed by atoms with E-state index in [1.54, 1.807) is 18.7 Å². The highest BCUT2D eigenvalue weighted by Crippen LogP contribution is 2.40. The van der Waals surface area contributed by atoms with Crippen LogP contribution in [-0.4, -0.2) is 68.3 Å². The lowest BCUT2D eigenvalue weighted by atomic mass is 9.85. The van der Waals surface area contributed by atoms with Gasteiger partial charge in [-0.25, -0.2) is 9.97 Å². The predicted octanol–water partition coefficient (Wildman–Crippen LogP) is 4.54. The third kappa shape index (κ3) is 6.20. The standard InChI is InChI=1S/C25H26F6N6O3/c1-22(2,39)23(40-3)7-8-36(13-23)16-9-19(20(32-11-16)25(29,30)31)35-21(38)18-6-4-5-17(34-18)15-10-33-37(12-15)14-24(26,27)28/h4-6,9-12,39H,7-8,13-14H2,1-3H3,(H,35,38)/t23-/m0/s1. The summed E-state index contributed by atoms with van der Waals surface area (Å²) in [4.78, 5) is 22.3. The van der Waals surface area contributed by atoms with Crippen molar-refractivity contribution in [3.8, 4) is 11.3 Å². The molecule has 0 aromatic carbocycles. The number of carbonyl (C=O) groups is 1. The molecule has 1 saturated heterocycles. The summed E-state index contributed by atoms with van der Waals surface area (Å²) in [6, 6.07) is 5.20. The minimum Gasteiger partial charge on any atom is -0.387 e. The summed E-state index contributed by atoms with van der Waals surface area (Å²) >= 11 is 0. The van der Waals surface area contributed by atoms with Crippen LogP contribution in [0, 0.1) is 0 Å². The number of amides is 1. The van der Waals surface area contributed by atoms with E-state index in [2.05, 4.69) is 20.4 Å². The molecule has 9 nitrogen and oxygen atoms in total. The second-order valence-corrected chi connectivity index (χ2v) is 9.92. The molecule has 0 spiro atoms. The summed E-state index contributed by atoms with van der Waals surface area (Å²) in [7, 11) is 1.45. The normalized spacial score (nSPS) is 18.3. The number of hydrogen-bond donors (Lipinski definition) is 2. The molecule has 3 aromatic rings. The van der Waals surface area contributed by atoms with Gasteiger partial charge in [-0.05, 0) is 38.5 Å². The van der Waals surface area contributed by atoms with Gasteiger partial charge >= 0.3 is 12.4 Å². The Kier molecular flexibility index (Phi) is 7.58. The Morgan fingerprint density at radius 1 is 1.18 bits per heavy atom. The number of anilines is 2. The highest BCUT2D eigenvalue weighted by Gasteiger charge is 2.49. The molecule has 1 aliphatic rings. The van der Waals surface area contributed by atoms with E-state index in [4.69, 9.17) is 4.74 Å². The van der Waals surface area contributed by atoms with Crippen molar-refractivity contribution < 1.29 is 41.0 Å². The molecule has 0 saturated carbocycles. The van der Waals surface area contributed by atoms with Crippen LogP contribution in [0.15, 0.2) is 42.9 Å². The van der Waals surface area contributed by atoms with Gasteiger partial charge in [-0.1, -0.05) is 6.07 Å². The third-order valence-corrected chi connectivity index (χ3v) is 6.74. The lowest BCUT2D eigenvalue weighted by Gasteiger charge is -2.39. The van der Waals surface area contributed by atoms with Gasteiger partial charge in [0.15, 0.2) is 5.69 Å². The van der Waals surface area contributed by atoms with Crippen LogP contribution in [0.1, 0.15) is 36.5 Å². The van der Waals surface area contributed by atoms with Crippen LogP contribution in [0.2, 0.25) is 0 Å². The number of pyridine rings is 2. The number of nitrogens with one attached hydrogen (secondary N) is 1. The first-order valence-corrected chi connectivity index (χ1v) is 12.0. The van der Waals surface area contributed by atoms with Crippen LogP contribution in [-0.2, 0) is 17.5 Å². The van der Waals surface area contributed by atoms with Gasteiger partial charge in [0.05, 0.1) is 35.1 Å². The number of methoxy groups -OCH3 is 1. The Morgan fingerprint density at radius 2 is 1.90 bits per heavy atom. The number of alkyl halides is 6. The van der Waals surface area contributed by atoms with Crippen molar-refractivity contribution in [2.45, 2.75) is 50.4 Å². The second-order valence-electron chi connectivity index (χ2n) is 9.92. The molecule has 1 amide bonds. The quantitative estimate of drug-likeness (QED) is 0.401. The fourth-order valence-corrected chi connectivity index (χ4v) is 4.54. The molecule has 0 aliphatic carbocycles. The first kappa shape index (κ1) is 29.3. The summed E-state index contributed by atoms with van der Waals surface area (Å²) in [5, 5.41) is 16.5. The predicted molar refractivity (Wildman–Crippen MR) is 132 cm³/mol. The summed E-state index contributed by atoms with van der Waals surface area (Å²) in [5.74, 6) is -0.988. The van der Waals surface area contributed by atoms with Crippen LogP contribution >= 0.6 is 0 Å². The number of halogens is 6. The molecule has 1 aliphatic heterocycles. The van der Waals surface area contributed by atoms with E-state index < -0.39 is 47.4 Å². The molecule has 4 heterocycles. The lowest BCUT2D eigenvalue weighted by molar-refractivity contribution is -0.142. The Hall–Kier alpha value is -3.72. The number of ether oxygens (including phenoxy) is 1. The molecule has 1 atom stereocenters. The summed E-state index contributed by atoms with van der Waals surface area (Å²) in [6.07, 6.45) is -5.73. The van der Waals surface area contributed by atoms with Crippen molar-refractivity contribution in [3.63, 3.8) is 0 Å². The van der Waals surface area contributed by atoms with Gasteiger partial charge in [0.2, 0.25) is 0 Å². The first-order valence-electron chi connectivity index (χ1n) is 12.0. The fourth-order valence-electron chi connectivity index (χ4n) is 4.54.